The Kier molecular flexibility index (Phi) is 12.1. The number of nitrogen functional groups attached to an aromatic ring is 1. The van der Waals surface area contributed by atoms with E-state index in [0.717, 1.165) is 35.4 Å². The van der Waals surface area contributed by atoms with Crippen LogP contribution >= 0.6 is 52.9 Å². The smallest absolute Gasteiger partial charge is 0.269 e. The van der Waals surface area contributed by atoms with Crippen LogP contribution in [0.4, 0.5) is 17.1 Å². The van der Waals surface area contributed by atoms with Crippen molar-refractivity contribution in [1.29, 1.82) is 0 Å². The Morgan fingerprint density at radius 1 is 0.829 bits per heavy atom. The average molecular weight is 589 g/mol. The van der Waals surface area contributed by atoms with E-state index in [1.54, 1.807) is 23.9 Å². The first kappa shape index (κ1) is 28.6. The van der Waals surface area contributed by atoms with E-state index in [9.17, 15) is 10.1 Å². The lowest BCUT2D eigenvalue weighted by Gasteiger charge is -2.13. The number of benzene rings is 4. The number of nitrogens with two attached hydrogens (primary N) is 1. The van der Waals surface area contributed by atoms with Crippen molar-refractivity contribution in [2.75, 3.05) is 24.7 Å². The van der Waals surface area contributed by atoms with Gasteiger partial charge in [0.05, 0.1) is 4.92 Å². The van der Waals surface area contributed by atoms with Gasteiger partial charge < -0.3 is 10.6 Å². The fraction of sp³-hybridized carbons (Fsp3) is 0.0769. The molecule has 35 heavy (non-hydrogen) atoms. The number of nitro groups is 1. The molecular weight excluding hydrogens is 562 g/mol. The van der Waals surface area contributed by atoms with E-state index in [0.29, 0.717) is 0 Å². The summed E-state index contributed by atoms with van der Waals surface area (Å²) < 4.78 is 1.09. The van der Waals surface area contributed by atoms with E-state index in [1.165, 1.54) is 12.1 Å². The van der Waals surface area contributed by atoms with E-state index in [4.69, 9.17) is 5.73 Å². The molecule has 0 amide bonds. The van der Waals surface area contributed by atoms with Crippen LogP contribution in [-0.2, 0) is 0 Å². The molecule has 0 saturated carbocycles. The molecule has 0 heterocycles. The van der Waals surface area contributed by atoms with Gasteiger partial charge in [-0.1, -0.05) is 39.8 Å². The molecule has 0 unspecified atom stereocenters. The van der Waals surface area contributed by atoms with Crippen LogP contribution in [0.1, 0.15) is 0 Å². The van der Waals surface area contributed by atoms with Crippen molar-refractivity contribution >= 4 is 70.0 Å². The van der Waals surface area contributed by atoms with Crippen molar-refractivity contribution in [3.63, 3.8) is 0 Å². The molecular formula is C26H26BrN3O2S3. The SMILES string of the molecule is CN(C)c1cccc(Sc2ccc([N+](=O)[O-])cc2)c1.Nc1cccc(S)c1.Sc1ccc(Br)cc1. The molecule has 4 aromatic rings. The zero-order chi connectivity index (χ0) is 25.8. The van der Waals surface area contributed by atoms with Crippen molar-refractivity contribution < 1.29 is 4.92 Å². The van der Waals surface area contributed by atoms with E-state index in [2.05, 4.69) is 47.3 Å². The third-order valence-corrected chi connectivity index (χ3v) is 6.42. The molecule has 182 valence electrons. The predicted molar refractivity (Wildman–Crippen MR) is 157 cm³/mol. The zero-order valence-electron chi connectivity index (χ0n) is 19.2. The van der Waals surface area contributed by atoms with Gasteiger partial charge in [-0.2, -0.15) is 0 Å². The standard InChI is InChI=1S/C14H14N2O2S.C6H5BrS.C6H7NS/c1-15(2)12-4-3-5-14(10-12)19-13-8-6-11(7-9-13)16(17)18;7-5-1-3-6(8)4-2-5;7-5-2-1-3-6(8)4-5/h3-10H,1-2H3;1-4,8H;1-4,8H,7H2. The van der Waals surface area contributed by atoms with Crippen LogP contribution in [0.25, 0.3) is 0 Å². The van der Waals surface area contributed by atoms with Crippen molar-refractivity contribution in [3.05, 3.63) is 112 Å². The highest BCUT2D eigenvalue weighted by Crippen LogP contribution is 2.31. The van der Waals surface area contributed by atoms with Gasteiger partial charge in [-0.25, -0.2) is 0 Å². The normalized spacial score (nSPS) is 9.74. The molecule has 0 fully saturated rings. The van der Waals surface area contributed by atoms with Crippen LogP contribution in [0.3, 0.4) is 0 Å². The third kappa shape index (κ3) is 11.1. The topological polar surface area (TPSA) is 72.4 Å². The van der Waals surface area contributed by atoms with Crippen LogP contribution in [0.15, 0.2) is 121 Å². The van der Waals surface area contributed by atoms with Crippen LogP contribution in [0.2, 0.25) is 0 Å². The number of nitro benzene ring substituents is 1. The Labute approximate surface area is 229 Å². The highest BCUT2D eigenvalue weighted by molar-refractivity contribution is 9.10. The number of hydrogen-bond donors (Lipinski definition) is 3. The maximum Gasteiger partial charge on any atom is 0.269 e. The summed E-state index contributed by atoms with van der Waals surface area (Å²) in [4.78, 5) is 16.2. The van der Waals surface area contributed by atoms with Crippen molar-refractivity contribution in [2.24, 2.45) is 0 Å². The molecule has 0 radical (unpaired) electrons. The van der Waals surface area contributed by atoms with E-state index < -0.39 is 0 Å². The molecule has 0 aliphatic heterocycles. The second kappa shape index (κ2) is 14.7. The maximum absolute atomic E-state index is 10.6. The van der Waals surface area contributed by atoms with Crippen LogP contribution in [0, 0.1) is 10.1 Å². The Bertz CT molecular complexity index is 1180. The van der Waals surface area contributed by atoms with Gasteiger partial charge in [-0.3, -0.25) is 10.1 Å². The zero-order valence-corrected chi connectivity index (χ0v) is 23.4. The van der Waals surface area contributed by atoms with Gasteiger partial charge in [0.1, 0.15) is 0 Å². The highest BCUT2D eigenvalue weighted by atomic mass is 79.9. The van der Waals surface area contributed by atoms with Gasteiger partial charge >= 0.3 is 0 Å². The van der Waals surface area contributed by atoms with E-state index in [1.807, 2.05) is 85.7 Å². The molecule has 9 heteroatoms. The lowest BCUT2D eigenvalue weighted by molar-refractivity contribution is -0.384. The first-order valence-corrected chi connectivity index (χ1v) is 12.8. The predicted octanol–water partition coefficient (Wildman–Crippen LogP) is 8.11. The lowest BCUT2D eigenvalue weighted by Crippen LogP contribution is -2.08. The summed E-state index contributed by atoms with van der Waals surface area (Å²) in [5.41, 5.74) is 7.42. The van der Waals surface area contributed by atoms with E-state index >= 15 is 0 Å². The Morgan fingerprint density at radius 3 is 1.94 bits per heavy atom. The minimum Gasteiger partial charge on any atom is -0.399 e. The Hall–Kier alpha value is -2.59. The molecule has 0 spiro atoms. The van der Waals surface area contributed by atoms with Gasteiger partial charge in [-0.05, 0) is 72.8 Å². The van der Waals surface area contributed by atoms with Crippen LogP contribution < -0.4 is 10.6 Å². The Morgan fingerprint density at radius 2 is 1.46 bits per heavy atom. The van der Waals surface area contributed by atoms with Crippen molar-refractivity contribution in [2.45, 2.75) is 19.6 Å². The molecule has 0 aliphatic rings. The number of rotatable bonds is 4. The molecule has 4 aromatic carbocycles. The minimum absolute atomic E-state index is 0.117. The van der Waals surface area contributed by atoms with Crippen LogP contribution in [-0.4, -0.2) is 19.0 Å². The van der Waals surface area contributed by atoms with Gasteiger partial charge in [0.25, 0.3) is 5.69 Å². The van der Waals surface area contributed by atoms with Crippen LogP contribution in [0.5, 0.6) is 0 Å². The first-order valence-electron chi connectivity index (χ1n) is 10.3. The van der Waals surface area contributed by atoms with Gasteiger partial charge in [0.2, 0.25) is 0 Å². The van der Waals surface area contributed by atoms with Gasteiger partial charge in [0.15, 0.2) is 0 Å². The number of anilines is 2. The number of halogens is 1. The molecule has 5 nitrogen and oxygen atoms in total. The third-order valence-electron chi connectivity index (χ3n) is 4.31. The average Bonchev–Trinajstić information content (AvgIpc) is 2.82. The maximum atomic E-state index is 10.6. The summed E-state index contributed by atoms with van der Waals surface area (Å²) in [6, 6.07) is 30.0. The van der Waals surface area contributed by atoms with Crippen molar-refractivity contribution in [3.8, 4) is 0 Å². The summed E-state index contributed by atoms with van der Waals surface area (Å²) >= 11 is 13.1. The van der Waals surface area contributed by atoms with E-state index in [-0.39, 0.29) is 10.6 Å². The van der Waals surface area contributed by atoms with Crippen molar-refractivity contribution in [1.82, 2.24) is 0 Å². The van der Waals surface area contributed by atoms with Gasteiger partial charge in [-0.15, -0.1) is 25.3 Å². The highest BCUT2D eigenvalue weighted by Gasteiger charge is 2.05. The number of thiol groups is 2. The summed E-state index contributed by atoms with van der Waals surface area (Å²) in [7, 11) is 3.99. The monoisotopic (exact) mass is 587 g/mol. The molecule has 0 atom stereocenters. The number of nitrogens with zero attached hydrogens (tertiary/aromatic N) is 2. The molecule has 0 aromatic heterocycles. The quantitative estimate of drug-likeness (QED) is 0.0973. The fourth-order valence-corrected chi connectivity index (χ4v) is 4.08. The molecule has 0 bridgehead atoms. The lowest BCUT2D eigenvalue weighted by atomic mass is 10.3. The molecule has 0 saturated heterocycles. The summed E-state index contributed by atoms with van der Waals surface area (Å²) in [5, 5.41) is 10.6. The minimum atomic E-state index is -0.388. The molecule has 2 N–H and O–H groups in total. The largest absolute Gasteiger partial charge is 0.399 e. The number of non-ortho nitro benzene ring substituents is 1. The molecule has 0 aliphatic carbocycles. The molecule has 4 rings (SSSR count). The second-order valence-corrected chi connectivity index (χ2v) is 10.4. The second-order valence-electron chi connectivity index (χ2n) is 7.32. The summed E-state index contributed by atoms with van der Waals surface area (Å²) in [6.45, 7) is 0. The van der Waals surface area contributed by atoms with Gasteiger partial charge in [0, 0.05) is 61.7 Å². The fourth-order valence-electron chi connectivity index (χ4n) is 2.56. The first-order chi connectivity index (χ1) is 16.6. The summed E-state index contributed by atoms with van der Waals surface area (Å²) in [6.07, 6.45) is 0. The number of hydrogen-bond acceptors (Lipinski definition) is 7. The Balaban J connectivity index is 0.000000221. The summed E-state index contributed by atoms with van der Waals surface area (Å²) in [5.74, 6) is 0.